The van der Waals surface area contributed by atoms with Crippen molar-refractivity contribution in [1.82, 2.24) is 19.7 Å². The van der Waals surface area contributed by atoms with E-state index in [1.165, 1.54) is 0 Å². The molecule has 0 radical (unpaired) electrons. The number of hydrogen-bond donors (Lipinski definition) is 0. The lowest BCUT2D eigenvalue weighted by atomic mass is 10.1. The standard InChI is InChI=1S/C9H15FN4/c1-13-7-11-12-9(13)6-14-4-2-8(10)3-5-14/h7-8H,2-6H2,1H3. The number of halogens is 1. The van der Waals surface area contributed by atoms with Crippen molar-refractivity contribution in [2.24, 2.45) is 7.05 Å². The van der Waals surface area contributed by atoms with Crippen LogP contribution in [0.15, 0.2) is 6.33 Å². The second kappa shape index (κ2) is 4.04. The van der Waals surface area contributed by atoms with E-state index in [-0.39, 0.29) is 0 Å². The maximum absolute atomic E-state index is 12.9. The number of aryl methyl sites for hydroxylation is 1. The Morgan fingerprint density at radius 2 is 2.21 bits per heavy atom. The van der Waals surface area contributed by atoms with E-state index in [9.17, 15) is 4.39 Å². The van der Waals surface area contributed by atoms with E-state index in [1.807, 2.05) is 11.6 Å². The zero-order chi connectivity index (χ0) is 9.97. The summed E-state index contributed by atoms with van der Waals surface area (Å²) >= 11 is 0. The fraction of sp³-hybridized carbons (Fsp3) is 0.778. The summed E-state index contributed by atoms with van der Waals surface area (Å²) in [5.41, 5.74) is 0. The third kappa shape index (κ3) is 2.09. The van der Waals surface area contributed by atoms with Gasteiger partial charge in [-0.25, -0.2) is 4.39 Å². The Labute approximate surface area is 82.7 Å². The first-order chi connectivity index (χ1) is 6.75. The van der Waals surface area contributed by atoms with Crippen LogP contribution in [0.5, 0.6) is 0 Å². The fourth-order valence-electron chi connectivity index (χ4n) is 1.71. The smallest absolute Gasteiger partial charge is 0.146 e. The molecule has 2 rings (SSSR count). The number of alkyl halides is 1. The molecule has 1 aromatic rings. The Kier molecular flexibility index (Phi) is 2.77. The lowest BCUT2D eigenvalue weighted by Crippen LogP contribution is -2.34. The Bertz CT molecular complexity index is 291. The third-order valence-electron chi connectivity index (χ3n) is 2.69. The Morgan fingerprint density at radius 3 is 2.79 bits per heavy atom. The number of aromatic nitrogens is 3. The zero-order valence-electron chi connectivity index (χ0n) is 8.36. The summed E-state index contributed by atoms with van der Waals surface area (Å²) in [6.45, 7) is 2.44. The van der Waals surface area contributed by atoms with Crippen LogP contribution >= 0.6 is 0 Å². The van der Waals surface area contributed by atoms with E-state index >= 15 is 0 Å². The van der Waals surface area contributed by atoms with Crippen LogP contribution in [0.3, 0.4) is 0 Å². The molecule has 0 unspecified atom stereocenters. The Morgan fingerprint density at radius 1 is 1.50 bits per heavy atom. The van der Waals surface area contributed by atoms with Crippen molar-refractivity contribution >= 4 is 0 Å². The maximum Gasteiger partial charge on any atom is 0.146 e. The highest BCUT2D eigenvalue weighted by Crippen LogP contribution is 2.14. The van der Waals surface area contributed by atoms with Gasteiger partial charge in [-0.1, -0.05) is 0 Å². The molecule has 14 heavy (non-hydrogen) atoms. The molecule has 0 atom stereocenters. The molecule has 4 nitrogen and oxygen atoms in total. The van der Waals surface area contributed by atoms with Crippen LogP contribution in [0, 0.1) is 0 Å². The summed E-state index contributed by atoms with van der Waals surface area (Å²) < 4.78 is 14.8. The molecule has 1 aliphatic rings. The summed E-state index contributed by atoms with van der Waals surface area (Å²) in [6, 6.07) is 0. The first-order valence-electron chi connectivity index (χ1n) is 4.95. The second-order valence-corrected chi connectivity index (χ2v) is 3.81. The average Bonchev–Trinajstić information content (AvgIpc) is 2.56. The molecule has 0 spiro atoms. The minimum absolute atomic E-state index is 0.606. The van der Waals surface area contributed by atoms with Crippen molar-refractivity contribution in [2.75, 3.05) is 13.1 Å². The van der Waals surface area contributed by atoms with Gasteiger partial charge in [0.05, 0.1) is 6.54 Å². The van der Waals surface area contributed by atoms with Gasteiger partial charge in [0.25, 0.3) is 0 Å². The van der Waals surface area contributed by atoms with Crippen LogP contribution in [-0.4, -0.2) is 38.9 Å². The SMILES string of the molecule is Cn1cnnc1CN1CCC(F)CC1. The minimum atomic E-state index is -0.606. The summed E-state index contributed by atoms with van der Waals surface area (Å²) in [4.78, 5) is 2.22. The molecule has 1 fully saturated rings. The quantitative estimate of drug-likeness (QED) is 0.703. The first-order valence-corrected chi connectivity index (χ1v) is 4.95. The largest absolute Gasteiger partial charge is 0.320 e. The van der Waals surface area contributed by atoms with E-state index in [0.717, 1.165) is 25.5 Å². The molecule has 2 heterocycles. The van der Waals surface area contributed by atoms with Gasteiger partial charge in [0, 0.05) is 20.1 Å². The van der Waals surface area contributed by atoms with Gasteiger partial charge in [-0.3, -0.25) is 4.90 Å². The molecule has 78 valence electrons. The average molecular weight is 198 g/mol. The van der Waals surface area contributed by atoms with E-state index in [2.05, 4.69) is 15.1 Å². The summed E-state index contributed by atoms with van der Waals surface area (Å²) in [5.74, 6) is 0.947. The van der Waals surface area contributed by atoms with Crippen molar-refractivity contribution < 1.29 is 4.39 Å². The van der Waals surface area contributed by atoms with Crippen LogP contribution < -0.4 is 0 Å². The third-order valence-corrected chi connectivity index (χ3v) is 2.69. The number of nitrogens with zero attached hydrogens (tertiary/aromatic N) is 4. The highest BCUT2D eigenvalue weighted by molar-refractivity contribution is 4.85. The summed E-state index contributed by atoms with van der Waals surface area (Å²) in [5, 5.41) is 7.82. The minimum Gasteiger partial charge on any atom is -0.320 e. The van der Waals surface area contributed by atoms with Crippen molar-refractivity contribution in [1.29, 1.82) is 0 Å². The van der Waals surface area contributed by atoms with E-state index in [4.69, 9.17) is 0 Å². The van der Waals surface area contributed by atoms with Gasteiger partial charge in [0.2, 0.25) is 0 Å². The topological polar surface area (TPSA) is 34.0 Å². The van der Waals surface area contributed by atoms with Gasteiger partial charge in [-0.2, -0.15) is 0 Å². The normalized spacial score (nSPS) is 20.1. The monoisotopic (exact) mass is 198 g/mol. The molecule has 0 saturated carbocycles. The number of likely N-dealkylation sites (tertiary alicyclic amines) is 1. The lowest BCUT2D eigenvalue weighted by Gasteiger charge is -2.27. The van der Waals surface area contributed by atoms with Crippen LogP contribution in [0.25, 0.3) is 0 Å². The van der Waals surface area contributed by atoms with Crippen LogP contribution in [0.4, 0.5) is 4.39 Å². The second-order valence-electron chi connectivity index (χ2n) is 3.81. The summed E-state index contributed by atoms with van der Waals surface area (Å²) in [7, 11) is 1.93. The highest BCUT2D eigenvalue weighted by Gasteiger charge is 2.19. The van der Waals surface area contributed by atoms with Gasteiger partial charge in [-0.15, -0.1) is 10.2 Å². The molecule has 0 bridgehead atoms. The maximum atomic E-state index is 12.9. The van der Waals surface area contributed by atoms with Gasteiger partial charge in [0.1, 0.15) is 18.3 Å². The Balaban J connectivity index is 1.89. The van der Waals surface area contributed by atoms with Gasteiger partial charge in [0.15, 0.2) is 0 Å². The van der Waals surface area contributed by atoms with E-state index < -0.39 is 6.17 Å². The van der Waals surface area contributed by atoms with E-state index in [1.54, 1.807) is 6.33 Å². The molecular formula is C9H15FN4. The van der Waals surface area contributed by atoms with Crippen molar-refractivity contribution in [3.8, 4) is 0 Å². The Hall–Kier alpha value is -0.970. The van der Waals surface area contributed by atoms with Gasteiger partial charge in [-0.05, 0) is 12.8 Å². The van der Waals surface area contributed by atoms with Gasteiger partial charge >= 0.3 is 0 Å². The molecule has 1 saturated heterocycles. The number of hydrogen-bond acceptors (Lipinski definition) is 3. The molecule has 0 aromatic carbocycles. The molecule has 1 aliphatic heterocycles. The fourth-order valence-corrected chi connectivity index (χ4v) is 1.71. The molecule has 0 aliphatic carbocycles. The lowest BCUT2D eigenvalue weighted by molar-refractivity contribution is 0.142. The summed E-state index contributed by atoms with van der Waals surface area (Å²) in [6.07, 6.45) is 2.39. The van der Waals surface area contributed by atoms with Gasteiger partial charge < -0.3 is 4.57 Å². The highest BCUT2D eigenvalue weighted by atomic mass is 19.1. The predicted octanol–water partition coefficient (Wildman–Crippen LogP) is 0.749. The molecule has 5 heteroatoms. The predicted molar refractivity (Wildman–Crippen MR) is 50.4 cm³/mol. The molecule has 0 amide bonds. The van der Waals surface area contributed by atoms with Crippen LogP contribution in [0.2, 0.25) is 0 Å². The van der Waals surface area contributed by atoms with Crippen LogP contribution in [0.1, 0.15) is 18.7 Å². The number of rotatable bonds is 2. The molecule has 1 aromatic heterocycles. The first kappa shape index (κ1) is 9.58. The van der Waals surface area contributed by atoms with E-state index in [0.29, 0.717) is 12.8 Å². The van der Waals surface area contributed by atoms with Crippen molar-refractivity contribution in [2.45, 2.75) is 25.6 Å². The number of piperidine rings is 1. The molecule has 0 N–H and O–H groups in total. The zero-order valence-corrected chi connectivity index (χ0v) is 8.36. The van der Waals surface area contributed by atoms with Crippen molar-refractivity contribution in [3.63, 3.8) is 0 Å². The van der Waals surface area contributed by atoms with Crippen LogP contribution in [-0.2, 0) is 13.6 Å². The van der Waals surface area contributed by atoms with Crippen molar-refractivity contribution in [3.05, 3.63) is 12.2 Å². The molecular weight excluding hydrogens is 183 g/mol.